The van der Waals surface area contributed by atoms with Crippen LogP contribution in [0.15, 0.2) is 9.79 Å². The Morgan fingerprint density at radius 1 is 1.57 bits per heavy atom. The van der Waals surface area contributed by atoms with Crippen LogP contribution in [-0.4, -0.2) is 56.7 Å². The van der Waals surface area contributed by atoms with Gasteiger partial charge in [-0.15, -0.1) is 6.42 Å². The van der Waals surface area contributed by atoms with Gasteiger partial charge in [-0.3, -0.25) is 9.79 Å². The Bertz CT molecular complexity index is 789. The van der Waals surface area contributed by atoms with E-state index in [1.807, 2.05) is 0 Å². The number of aryl methyl sites for hydroxylation is 1. The van der Waals surface area contributed by atoms with Gasteiger partial charge < -0.3 is 19.9 Å². The lowest BCUT2D eigenvalue weighted by Crippen LogP contribution is -2.48. The van der Waals surface area contributed by atoms with Crippen LogP contribution in [0.1, 0.15) is 17.4 Å². The Morgan fingerprint density at radius 3 is 2.87 bits per heavy atom. The second kappa shape index (κ2) is 4.92. The predicted octanol–water partition coefficient (Wildman–Crippen LogP) is -0.363. The molecule has 2 aliphatic rings. The lowest BCUT2D eigenvalue weighted by molar-refractivity contribution is -0.196. The number of aliphatic hydroxyl groups is 2. The van der Waals surface area contributed by atoms with Gasteiger partial charge in [-0.2, -0.15) is 0 Å². The van der Waals surface area contributed by atoms with Crippen molar-refractivity contribution in [1.29, 1.82) is 0 Å². The number of aliphatic imine (C=N–C) groups is 1. The normalized spacial score (nSPS) is 38.5. The zero-order valence-corrected chi connectivity index (χ0v) is 12.0. The van der Waals surface area contributed by atoms with Crippen LogP contribution in [0, 0.1) is 19.3 Å². The molecule has 0 aromatic carbocycles. The Hall–Kier alpha value is -2.15. The van der Waals surface area contributed by atoms with Crippen LogP contribution in [0.25, 0.3) is 0 Å². The second-order valence-corrected chi connectivity index (χ2v) is 5.49. The van der Waals surface area contributed by atoms with Gasteiger partial charge in [-0.05, 0) is 6.92 Å². The number of aromatic nitrogens is 2. The molecule has 0 bridgehead atoms. The van der Waals surface area contributed by atoms with Crippen molar-refractivity contribution in [3.63, 3.8) is 0 Å². The maximum atomic E-state index is 15.0. The minimum absolute atomic E-state index is 0.0570. The number of aliphatic hydroxyl groups excluding tert-OH is 2. The zero-order valence-electron chi connectivity index (χ0n) is 12.0. The summed E-state index contributed by atoms with van der Waals surface area (Å²) in [5.41, 5.74) is -3.45. The molecule has 9 heteroatoms. The third-order valence-corrected chi connectivity index (χ3v) is 4.03. The molecule has 1 unspecified atom stereocenters. The first-order valence-corrected chi connectivity index (χ1v) is 6.74. The van der Waals surface area contributed by atoms with Gasteiger partial charge in [0.15, 0.2) is 6.10 Å². The van der Waals surface area contributed by atoms with E-state index < -0.39 is 41.8 Å². The number of hydrogen-bond donors (Lipinski definition) is 3. The topological polar surface area (TPSA) is 108 Å². The molecule has 5 atom stereocenters. The van der Waals surface area contributed by atoms with E-state index in [0.717, 1.165) is 0 Å². The summed E-state index contributed by atoms with van der Waals surface area (Å²) in [5, 5.41) is 18.9. The number of terminal acetylenes is 1. The molecule has 0 radical (unpaired) electrons. The lowest BCUT2D eigenvalue weighted by Gasteiger charge is -2.25. The van der Waals surface area contributed by atoms with E-state index in [9.17, 15) is 18.7 Å². The van der Waals surface area contributed by atoms with Gasteiger partial charge in [0.25, 0.3) is 11.4 Å². The predicted molar refractivity (Wildman–Crippen MR) is 75.0 cm³/mol. The zero-order chi connectivity index (χ0) is 17.0. The SMILES string of the molecule is C#C[C@]1(F)[C@H](C2C=Nc3c2nc(C)[nH]c3=O)O[C@](F)(CO)[C@H]1O. The van der Waals surface area contributed by atoms with Gasteiger partial charge in [0, 0.05) is 6.21 Å². The third kappa shape index (κ3) is 2.03. The van der Waals surface area contributed by atoms with Crippen LogP contribution in [0.2, 0.25) is 0 Å². The summed E-state index contributed by atoms with van der Waals surface area (Å²) in [5.74, 6) is -2.18. The fourth-order valence-corrected chi connectivity index (χ4v) is 2.86. The standard InChI is InChI=1S/C14H13F2N3O4/c1-3-13(15)10(23-14(16,5-20)12(13)22)7-4-17-9-8(7)18-6(2)19-11(9)21/h1,4,7,10,12,20,22H,5H2,2H3,(H,18,19,21)/t7?,10-,12-,13-,14+/m0/s1. The quantitative estimate of drug-likeness (QED) is 0.644. The highest BCUT2D eigenvalue weighted by Crippen LogP contribution is 2.48. The van der Waals surface area contributed by atoms with Crippen molar-refractivity contribution in [2.75, 3.05) is 6.61 Å². The van der Waals surface area contributed by atoms with Gasteiger partial charge in [-0.25, -0.2) is 13.8 Å². The first-order valence-electron chi connectivity index (χ1n) is 6.74. The summed E-state index contributed by atoms with van der Waals surface area (Å²) in [6, 6.07) is 0. The van der Waals surface area contributed by atoms with E-state index in [-0.39, 0.29) is 17.2 Å². The molecule has 122 valence electrons. The van der Waals surface area contributed by atoms with Crippen molar-refractivity contribution in [3.8, 4) is 12.3 Å². The number of nitrogens with zero attached hydrogens (tertiary/aromatic N) is 2. The molecular weight excluding hydrogens is 312 g/mol. The van der Waals surface area contributed by atoms with Crippen LogP contribution < -0.4 is 5.56 Å². The number of ether oxygens (including phenoxy) is 1. The molecule has 1 aromatic heterocycles. The average Bonchev–Trinajstić information content (AvgIpc) is 3.01. The summed E-state index contributed by atoms with van der Waals surface area (Å²) in [6.45, 7) is 0.231. The number of fused-ring (bicyclic) bond motifs is 1. The Morgan fingerprint density at radius 2 is 2.26 bits per heavy atom. The summed E-state index contributed by atoms with van der Waals surface area (Å²) in [6.07, 6.45) is 2.20. The number of aromatic amines is 1. The van der Waals surface area contributed by atoms with Crippen LogP contribution in [-0.2, 0) is 4.74 Å². The molecule has 3 heterocycles. The summed E-state index contributed by atoms with van der Waals surface area (Å²) in [4.78, 5) is 22.2. The average molecular weight is 325 g/mol. The number of hydrogen-bond acceptors (Lipinski definition) is 6. The van der Waals surface area contributed by atoms with Crippen molar-refractivity contribution in [2.24, 2.45) is 4.99 Å². The minimum Gasteiger partial charge on any atom is -0.390 e. The first-order chi connectivity index (χ1) is 10.8. The van der Waals surface area contributed by atoms with Crippen LogP contribution in [0.4, 0.5) is 14.5 Å². The molecule has 3 rings (SSSR count). The Labute approximate surface area is 129 Å². The number of nitrogens with one attached hydrogen (secondary N) is 1. The maximum Gasteiger partial charge on any atom is 0.277 e. The van der Waals surface area contributed by atoms with Crippen LogP contribution in [0.3, 0.4) is 0 Å². The van der Waals surface area contributed by atoms with Gasteiger partial charge >= 0.3 is 0 Å². The molecule has 0 aliphatic carbocycles. The van der Waals surface area contributed by atoms with Gasteiger partial charge in [0.2, 0.25) is 5.67 Å². The van der Waals surface area contributed by atoms with Crippen molar-refractivity contribution < 1.29 is 23.7 Å². The molecule has 2 aliphatic heterocycles. The maximum absolute atomic E-state index is 15.0. The number of halogens is 2. The van der Waals surface area contributed by atoms with E-state index in [0.29, 0.717) is 0 Å². The van der Waals surface area contributed by atoms with E-state index in [1.165, 1.54) is 13.1 Å². The van der Waals surface area contributed by atoms with Gasteiger partial charge in [0.1, 0.15) is 24.2 Å². The monoisotopic (exact) mass is 325 g/mol. The van der Waals surface area contributed by atoms with Crippen molar-refractivity contribution in [2.45, 2.75) is 36.6 Å². The molecule has 1 saturated heterocycles. The summed E-state index contributed by atoms with van der Waals surface area (Å²) in [7, 11) is 0. The van der Waals surface area contributed by atoms with E-state index >= 15 is 0 Å². The fourth-order valence-electron chi connectivity index (χ4n) is 2.86. The largest absolute Gasteiger partial charge is 0.390 e. The number of H-pyrrole nitrogens is 1. The van der Waals surface area contributed by atoms with Gasteiger partial charge in [-0.1, -0.05) is 5.92 Å². The Balaban J connectivity index is 2.10. The van der Waals surface area contributed by atoms with Crippen LogP contribution >= 0.6 is 0 Å². The van der Waals surface area contributed by atoms with E-state index in [1.54, 1.807) is 5.92 Å². The number of rotatable bonds is 2. The second-order valence-electron chi connectivity index (χ2n) is 5.49. The van der Waals surface area contributed by atoms with Gasteiger partial charge in [0.05, 0.1) is 11.6 Å². The van der Waals surface area contributed by atoms with Crippen molar-refractivity contribution in [1.82, 2.24) is 9.97 Å². The third-order valence-electron chi connectivity index (χ3n) is 4.03. The Kier molecular flexibility index (Phi) is 3.37. The molecule has 0 saturated carbocycles. The minimum atomic E-state index is -3.06. The highest BCUT2D eigenvalue weighted by molar-refractivity contribution is 5.80. The fraction of sp³-hybridized carbons (Fsp3) is 0.500. The molecule has 1 fully saturated rings. The molecular formula is C14H13F2N3O4. The lowest BCUT2D eigenvalue weighted by atomic mass is 9.85. The van der Waals surface area contributed by atoms with E-state index in [2.05, 4.69) is 15.0 Å². The highest BCUT2D eigenvalue weighted by atomic mass is 19.2. The summed E-state index contributed by atoms with van der Waals surface area (Å²) < 4.78 is 34.3. The molecule has 0 spiro atoms. The molecule has 3 N–H and O–H groups in total. The van der Waals surface area contributed by atoms with Crippen molar-refractivity contribution in [3.05, 3.63) is 21.9 Å². The molecule has 1 aromatic rings. The molecule has 7 nitrogen and oxygen atoms in total. The van der Waals surface area contributed by atoms with Crippen LogP contribution in [0.5, 0.6) is 0 Å². The molecule has 23 heavy (non-hydrogen) atoms. The smallest absolute Gasteiger partial charge is 0.277 e. The molecule has 0 amide bonds. The highest BCUT2D eigenvalue weighted by Gasteiger charge is 2.67. The first kappa shape index (κ1) is 15.7. The summed E-state index contributed by atoms with van der Waals surface area (Å²) >= 11 is 0. The van der Waals surface area contributed by atoms with E-state index in [4.69, 9.17) is 16.3 Å². The van der Waals surface area contributed by atoms with Crippen molar-refractivity contribution >= 4 is 11.9 Å². The number of alkyl halides is 2.